The van der Waals surface area contributed by atoms with Crippen LogP contribution in [0.25, 0.3) is 0 Å². The Balaban J connectivity index is 1.94. The average Bonchev–Trinajstić information content (AvgIpc) is 2.73. The third-order valence-corrected chi connectivity index (χ3v) is 5.22. The van der Waals surface area contributed by atoms with E-state index in [-0.39, 0.29) is 12.5 Å². The third kappa shape index (κ3) is 4.76. The van der Waals surface area contributed by atoms with Crippen LogP contribution in [0.4, 0.5) is 0 Å². The van der Waals surface area contributed by atoms with Gasteiger partial charge in [0.15, 0.2) is 0 Å². The molecule has 27 heavy (non-hydrogen) atoms. The van der Waals surface area contributed by atoms with E-state index in [9.17, 15) is 4.79 Å². The molecule has 1 unspecified atom stereocenters. The van der Waals surface area contributed by atoms with Crippen molar-refractivity contribution in [2.24, 2.45) is 5.73 Å². The van der Waals surface area contributed by atoms with E-state index in [1.807, 2.05) is 6.07 Å². The largest absolute Gasteiger partial charge is 0.369 e. The zero-order valence-electron chi connectivity index (χ0n) is 16.0. The minimum Gasteiger partial charge on any atom is -0.369 e. The lowest BCUT2D eigenvalue weighted by Crippen LogP contribution is -2.38. The summed E-state index contributed by atoms with van der Waals surface area (Å²) in [5, 5.41) is 3.06. The van der Waals surface area contributed by atoms with E-state index in [0.717, 1.165) is 25.7 Å². The zero-order valence-corrected chi connectivity index (χ0v) is 16.0. The number of amides is 1. The van der Waals surface area contributed by atoms with Crippen LogP contribution in [0.1, 0.15) is 44.1 Å². The molecule has 0 aliphatic heterocycles. The molecule has 1 amide bonds. The summed E-state index contributed by atoms with van der Waals surface area (Å²) in [6, 6.07) is 10.5. The summed E-state index contributed by atoms with van der Waals surface area (Å²) < 4.78 is 6.67. The number of hydrogen-bond donors (Lipinski definition) is 2. The van der Waals surface area contributed by atoms with Gasteiger partial charge in [-0.1, -0.05) is 54.6 Å². The van der Waals surface area contributed by atoms with E-state index < -0.39 is 5.60 Å². The number of benzene rings is 1. The van der Waals surface area contributed by atoms with Gasteiger partial charge in [0.25, 0.3) is 0 Å². The predicted octanol–water partition coefficient (Wildman–Crippen LogP) is 3.75. The molecule has 4 nitrogen and oxygen atoms in total. The summed E-state index contributed by atoms with van der Waals surface area (Å²) in [5.41, 5.74) is 8.42. The first-order chi connectivity index (χ1) is 13.2. The molecule has 0 saturated heterocycles. The molecule has 0 spiro atoms. The first-order valence-electron chi connectivity index (χ1n) is 9.98. The number of hydrogen-bond acceptors (Lipinski definition) is 3. The normalized spacial score (nSPS) is 19.1. The highest BCUT2D eigenvalue weighted by atomic mass is 16.5. The standard InChI is InChI=1S/C23H30N2O2/c24-22(26)18-25-16-17-27-23(19-10-4-1-5-11-19,20-12-6-2-7-13-20)21-14-8-3-9-15-21/h1,4-6,10-14,25H,2-3,7-9,15-18H2,(H2,24,26). The molecule has 0 heterocycles. The van der Waals surface area contributed by atoms with E-state index in [1.165, 1.54) is 29.6 Å². The summed E-state index contributed by atoms with van der Waals surface area (Å²) in [6.45, 7) is 1.26. The van der Waals surface area contributed by atoms with E-state index in [4.69, 9.17) is 10.5 Å². The molecule has 4 heteroatoms. The highest BCUT2D eigenvalue weighted by molar-refractivity contribution is 5.75. The fourth-order valence-corrected chi connectivity index (χ4v) is 3.99. The molecule has 144 valence electrons. The lowest BCUT2D eigenvalue weighted by atomic mass is 9.74. The molecule has 0 radical (unpaired) electrons. The fourth-order valence-electron chi connectivity index (χ4n) is 3.99. The van der Waals surface area contributed by atoms with E-state index >= 15 is 0 Å². The molecule has 0 fully saturated rings. The molecular weight excluding hydrogens is 336 g/mol. The van der Waals surface area contributed by atoms with Crippen molar-refractivity contribution in [1.29, 1.82) is 0 Å². The van der Waals surface area contributed by atoms with Gasteiger partial charge in [-0.15, -0.1) is 0 Å². The van der Waals surface area contributed by atoms with Crippen molar-refractivity contribution < 1.29 is 9.53 Å². The average molecular weight is 367 g/mol. The van der Waals surface area contributed by atoms with Gasteiger partial charge in [-0.25, -0.2) is 0 Å². The Bertz CT molecular complexity index is 721. The van der Waals surface area contributed by atoms with Crippen LogP contribution in [0.5, 0.6) is 0 Å². The maximum atomic E-state index is 11.0. The molecule has 0 saturated carbocycles. The van der Waals surface area contributed by atoms with Crippen LogP contribution in [0.3, 0.4) is 0 Å². The molecule has 3 N–H and O–H groups in total. The Morgan fingerprint density at radius 1 is 1.11 bits per heavy atom. The third-order valence-electron chi connectivity index (χ3n) is 5.22. The second-order valence-corrected chi connectivity index (χ2v) is 7.15. The highest BCUT2D eigenvalue weighted by Crippen LogP contribution is 2.45. The van der Waals surface area contributed by atoms with Crippen LogP contribution < -0.4 is 11.1 Å². The Morgan fingerprint density at radius 3 is 2.63 bits per heavy atom. The van der Waals surface area contributed by atoms with E-state index in [0.29, 0.717) is 13.2 Å². The molecular formula is C23H30N2O2. The number of rotatable bonds is 9. The lowest BCUT2D eigenvalue weighted by molar-refractivity contribution is -0.117. The maximum absolute atomic E-state index is 11.0. The van der Waals surface area contributed by atoms with Crippen LogP contribution in [0.15, 0.2) is 65.8 Å². The number of nitrogens with two attached hydrogens (primary N) is 1. The summed E-state index contributed by atoms with van der Waals surface area (Å²) in [7, 11) is 0. The Labute approximate surface area is 162 Å². The number of carbonyl (C=O) groups is 1. The molecule has 1 atom stereocenters. The monoisotopic (exact) mass is 366 g/mol. The van der Waals surface area contributed by atoms with Gasteiger partial charge in [-0.3, -0.25) is 4.79 Å². The number of ether oxygens (including phenoxy) is 1. The van der Waals surface area contributed by atoms with Crippen molar-refractivity contribution in [2.45, 2.75) is 44.1 Å². The van der Waals surface area contributed by atoms with Gasteiger partial charge < -0.3 is 15.8 Å². The molecule has 2 aliphatic rings. The van der Waals surface area contributed by atoms with Crippen LogP contribution in [-0.4, -0.2) is 25.6 Å². The lowest BCUT2D eigenvalue weighted by Gasteiger charge is -2.40. The predicted molar refractivity (Wildman–Crippen MR) is 109 cm³/mol. The van der Waals surface area contributed by atoms with Crippen molar-refractivity contribution in [2.75, 3.05) is 19.7 Å². The Kier molecular flexibility index (Phi) is 7.02. The van der Waals surface area contributed by atoms with Gasteiger partial charge in [0.1, 0.15) is 5.60 Å². The number of nitrogens with one attached hydrogen (secondary N) is 1. The van der Waals surface area contributed by atoms with Crippen LogP contribution in [-0.2, 0) is 15.1 Å². The molecule has 0 bridgehead atoms. The van der Waals surface area contributed by atoms with Gasteiger partial charge in [0.05, 0.1) is 13.2 Å². The highest BCUT2D eigenvalue weighted by Gasteiger charge is 2.40. The topological polar surface area (TPSA) is 64.4 Å². The van der Waals surface area contributed by atoms with Gasteiger partial charge in [-0.2, -0.15) is 0 Å². The minimum atomic E-state index is -0.549. The number of primary amides is 1. The van der Waals surface area contributed by atoms with Gasteiger partial charge in [0, 0.05) is 6.54 Å². The Hall–Kier alpha value is -2.17. The fraction of sp³-hybridized carbons (Fsp3) is 0.435. The Morgan fingerprint density at radius 2 is 1.96 bits per heavy atom. The summed E-state index contributed by atoms with van der Waals surface area (Å²) >= 11 is 0. The molecule has 1 aromatic carbocycles. The quantitative estimate of drug-likeness (QED) is 0.517. The summed E-state index contributed by atoms with van der Waals surface area (Å²) in [6.07, 6.45) is 15.9. The van der Waals surface area contributed by atoms with E-state index in [1.54, 1.807) is 0 Å². The van der Waals surface area contributed by atoms with Crippen molar-refractivity contribution >= 4 is 5.91 Å². The second kappa shape index (κ2) is 9.67. The first-order valence-corrected chi connectivity index (χ1v) is 9.98. The van der Waals surface area contributed by atoms with Crippen LogP contribution in [0, 0.1) is 0 Å². The van der Waals surface area contributed by atoms with Gasteiger partial charge in [0.2, 0.25) is 5.91 Å². The van der Waals surface area contributed by atoms with Gasteiger partial charge >= 0.3 is 0 Å². The molecule has 2 aliphatic carbocycles. The SMILES string of the molecule is NC(=O)CNCCOC(C1=CCCC=C1)(C1=CCCCC1)c1ccccc1. The first kappa shape index (κ1) is 19.6. The van der Waals surface area contributed by atoms with Crippen molar-refractivity contribution in [1.82, 2.24) is 5.32 Å². The second-order valence-electron chi connectivity index (χ2n) is 7.15. The molecule has 3 rings (SSSR count). The zero-order chi connectivity index (χ0) is 19.0. The number of carbonyl (C=O) groups excluding carboxylic acids is 1. The minimum absolute atomic E-state index is 0.174. The number of allylic oxidation sites excluding steroid dienone is 3. The van der Waals surface area contributed by atoms with Crippen molar-refractivity contribution in [3.05, 3.63) is 71.3 Å². The molecule has 1 aromatic rings. The smallest absolute Gasteiger partial charge is 0.231 e. The summed E-state index contributed by atoms with van der Waals surface area (Å²) in [4.78, 5) is 11.0. The van der Waals surface area contributed by atoms with Gasteiger partial charge in [-0.05, 0) is 55.2 Å². The maximum Gasteiger partial charge on any atom is 0.231 e. The molecule has 0 aromatic heterocycles. The van der Waals surface area contributed by atoms with Crippen LogP contribution in [0.2, 0.25) is 0 Å². The van der Waals surface area contributed by atoms with Crippen molar-refractivity contribution in [3.63, 3.8) is 0 Å². The van der Waals surface area contributed by atoms with Crippen LogP contribution >= 0.6 is 0 Å². The van der Waals surface area contributed by atoms with E-state index in [2.05, 4.69) is 53.9 Å². The summed E-state index contributed by atoms with van der Waals surface area (Å²) in [5.74, 6) is -0.350. The van der Waals surface area contributed by atoms with Crippen molar-refractivity contribution in [3.8, 4) is 0 Å².